The summed E-state index contributed by atoms with van der Waals surface area (Å²) in [6.45, 7) is 4.95. The summed E-state index contributed by atoms with van der Waals surface area (Å²) in [4.78, 5) is 2.41. The van der Waals surface area contributed by atoms with Gasteiger partial charge in [-0.15, -0.1) is 0 Å². The van der Waals surface area contributed by atoms with Crippen LogP contribution in [0.15, 0.2) is 24.3 Å². The molecule has 1 saturated heterocycles. The highest BCUT2D eigenvalue weighted by Gasteiger charge is 2.29. The molecule has 2 N–H and O–H groups in total. The van der Waals surface area contributed by atoms with Gasteiger partial charge in [0.15, 0.2) is 0 Å². The Morgan fingerprint density at radius 2 is 2.06 bits per heavy atom. The molecule has 2 atom stereocenters. The van der Waals surface area contributed by atoms with Crippen molar-refractivity contribution in [1.29, 1.82) is 0 Å². The van der Waals surface area contributed by atoms with Crippen molar-refractivity contribution in [3.05, 3.63) is 35.6 Å². The van der Waals surface area contributed by atoms with Crippen molar-refractivity contribution in [1.82, 2.24) is 4.90 Å². The molecule has 2 rings (SSSR count). The fourth-order valence-corrected chi connectivity index (χ4v) is 2.55. The normalized spacial score (nSPS) is 26.2. The third-order valence-electron chi connectivity index (χ3n) is 3.46. The topological polar surface area (TPSA) is 29.3 Å². The van der Waals surface area contributed by atoms with Crippen LogP contribution in [0, 0.1) is 5.82 Å². The van der Waals surface area contributed by atoms with E-state index in [1.165, 1.54) is 5.56 Å². The van der Waals surface area contributed by atoms with Crippen LogP contribution in [0.4, 0.5) is 4.39 Å². The van der Waals surface area contributed by atoms with E-state index in [9.17, 15) is 4.39 Å². The van der Waals surface area contributed by atoms with E-state index >= 15 is 0 Å². The summed E-state index contributed by atoms with van der Waals surface area (Å²) in [5, 5.41) is 0. The fourth-order valence-electron chi connectivity index (χ4n) is 2.55. The third-order valence-corrected chi connectivity index (χ3v) is 3.46. The van der Waals surface area contributed by atoms with Crippen LogP contribution in [0.5, 0.6) is 0 Å². The van der Waals surface area contributed by atoms with Crippen molar-refractivity contribution >= 4 is 0 Å². The minimum Gasteiger partial charge on any atom is -0.329 e. The molecule has 0 aromatic heterocycles. The first-order valence-electron chi connectivity index (χ1n) is 5.90. The molecular formula is C13H19FN2. The Morgan fingerprint density at radius 3 is 2.69 bits per heavy atom. The monoisotopic (exact) mass is 222 g/mol. The van der Waals surface area contributed by atoms with Crippen LogP contribution in [0.1, 0.15) is 24.8 Å². The second kappa shape index (κ2) is 4.93. The van der Waals surface area contributed by atoms with E-state index in [1.807, 2.05) is 12.1 Å². The Balaban J connectivity index is 2.04. The number of rotatable bonds is 3. The van der Waals surface area contributed by atoms with Crippen LogP contribution >= 0.6 is 0 Å². The van der Waals surface area contributed by atoms with Gasteiger partial charge in [-0.25, -0.2) is 4.39 Å². The predicted molar refractivity (Wildman–Crippen MR) is 63.8 cm³/mol. The van der Waals surface area contributed by atoms with Gasteiger partial charge in [-0.2, -0.15) is 0 Å². The lowest BCUT2D eigenvalue weighted by Gasteiger charge is -2.19. The highest BCUT2D eigenvalue weighted by atomic mass is 19.1. The number of halogens is 1. The van der Waals surface area contributed by atoms with Gasteiger partial charge in [-0.05, 0) is 37.0 Å². The number of hydrogen-bond acceptors (Lipinski definition) is 2. The van der Waals surface area contributed by atoms with Crippen molar-refractivity contribution in [2.24, 2.45) is 5.73 Å². The van der Waals surface area contributed by atoms with E-state index in [1.54, 1.807) is 12.1 Å². The Bertz CT molecular complexity index is 336. The molecular weight excluding hydrogens is 203 g/mol. The summed E-state index contributed by atoms with van der Waals surface area (Å²) in [5.74, 6) is 0.371. The van der Waals surface area contributed by atoms with Gasteiger partial charge in [-0.1, -0.05) is 12.1 Å². The Labute approximate surface area is 96.2 Å². The van der Waals surface area contributed by atoms with Crippen LogP contribution in [0.3, 0.4) is 0 Å². The van der Waals surface area contributed by atoms with Crippen molar-refractivity contribution in [3.8, 4) is 0 Å². The summed E-state index contributed by atoms with van der Waals surface area (Å²) in [7, 11) is 0. The maximum atomic E-state index is 12.8. The second-order valence-corrected chi connectivity index (χ2v) is 4.62. The zero-order valence-electron chi connectivity index (χ0n) is 9.70. The number of nitrogens with two attached hydrogens (primary N) is 1. The number of hydrogen-bond donors (Lipinski definition) is 1. The Morgan fingerprint density at radius 1 is 1.38 bits per heavy atom. The maximum absolute atomic E-state index is 12.8. The lowest BCUT2D eigenvalue weighted by Crippen LogP contribution is -2.32. The first-order valence-corrected chi connectivity index (χ1v) is 5.90. The van der Waals surface area contributed by atoms with Crippen LogP contribution in [-0.4, -0.2) is 30.6 Å². The number of likely N-dealkylation sites (tertiary alicyclic amines) is 1. The van der Waals surface area contributed by atoms with E-state index in [2.05, 4.69) is 11.8 Å². The van der Waals surface area contributed by atoms with Crippen molar-refractivity contribution in [2.75, 3.05) is 19.6 Å². The molecule has 1 fully saturated rings. The zero-order valence-corrected chi connectivity index (χ0v) is 9.70. The van der Waals surface area contributed by atoms with Crippen LogP contribution in [0.25, 0.3) is 0 Å². The van der Waals surface area contributed by atoms with Gasteiger partial charge in [0, 0.05) is 25.7 Å². The smallest absolute Gasteiger partial charge is 0.123 e. The minimum atomic E-state index is -0.159. The zero-order chi connectivity index (χ0) is 11.5. The third kappa shape index (κ3) is 2.42. The molecule has 16 heavy (non-hydrogen) atoms. The van der Waals surface area contributed by atoms with Crippen molar-refractivity contribution in [3.63, 3.8) is 0 Å². The molecule has 0 radical (unpaired) electrons. The van der Waals surface area contributed by atoms with Gasteiger partial charge < -0.3 is 5.73 Å². The predicted octanol–water partition coefficient (Wildman–Crippen LogP) is 1.96. The summed E-state index contributed by atoms with van der Waals surface area (Å²) in [5.41, 5.74) is 6.83. The van der Waals surface area contributed by atoms with Crippen LogP contribution in [0.2, 0.25) is 0 Å². The van der Waals surface area contributed by atoms with Gasteiger partial charge in [0.05, 0.1) is 0 Å². The van der Waals surface area contributed by atoms with Crippen LogP contribution in [-0.2, 0) is 0 Å². The molecule has 88 valence electrons. The van der Waals surface area contributed by atoms with Gasteiger partial charge in [-0.3, -0.25) is 4.90 Å². The van der Waals surface area contributed by atoms with Crippen LogP contribution < -0.4 is 5.73 Å². The lowest BCUT2D eigenvalue weighted by atomic mass is 9.97. The molecule has 1 aromatic rings. The largest absolute Gasteiger partial charge is 0.329 e. The summed E-state index contributed by atoms with van der Waals surface area (Å²) in [6, 6.07) is 7.48. The molecule has 0 amide bonds. The van der Waals surface area contributed by atoms with E-state index in [0.29, 0.717) is 18.5 Å². The molecule has 0 bridgehead atoms. The average Bonchev–Trinajstić information content (AvgIpc) is 2.62. The van der Waals surface area contributed by atoms with E-state index in [-0.39, 0.29) is 5.82 Å². The molecule has 0 spiro atoms. The van der Waals surface area contributed by atoms with Gasteiger partial charge >= 0.3 is 0 Å². The molecule has 2 unspecified atom stereocenters. The molecule has 1 aliphatic rings. The highest BCUT2D eigenvalue weighted by Crippen LogP contribution is 2.31. The second-order valence-electron chi connectivity index (χ2n) is 4.62. The van der Waals surface area contributed by atoms with Gasteiger partial charge in [0.25, 0.3) is 0 Å². The molecule has 0 aliphatic carbocycles. The molecule has 0 saturated carbocycles. The quantitative estimate of drug-likeness (QED) is 0.847. The Hall–Kier alpha value is -0.930. The van der Waals surface area contributed by atoms with Gasteiger partial charge in [0.2, 0.25) is 0 Å². The SMILES string of the molecule is CC1CC(c2ccc(F)cc2)CN1CCN. The van der Waals surface area contributed by atoms with Crippen molar-refractivity contribution in [2.45, 2.75) is 25.3 Å². The number of benzene rings is 1. The molecule has 3 heteroatoms. The molecule has 1 aromatic carbocycles. The lowest BCUT2D eigenvalue weighted by molar-refractivity contribution is 0.275. The standard InChI is InChI=1S/C13H19FN2/c1-10-8-12(9-16(10)7-6-15)11-2-4-13(14)5-3-11/h2-5,10,12H,6-9,15H2,1H3. The minimum absolute atomic E-state index is 0.159. The molecule has 1 heterocycles. The van der Waals surface area contributed by atoms with E-state index in [4.69, 9.17) is 5.73 Å². The fraction of sp³-hybridized carbons (Fsp3) is 0.538. The first-order chi connectivity index (χ1) is 7.70. The summed E-state index contributed by atoms with van der Waals surface area (Å²) >= 11 is 0. The van der Waals surface area contributed by atoms with E-state index < -0.39 is 0 Å². The first kappa shape index (κ1) is 11.6. The Kier molecular flexibility index (Phi) is 3.56. The summed E-state index contributed by atoms with van der Waals surface area (Å²) < 4.78 is 12.8. The average molecular weight is 222 g/mol. The van der Waals surface area contributed by atoms with E-state index in [0.717, 1.165) is 19.5 Å². The van der Waals surface area contributed by atoms with Crippen molar-refractivity contribution < 1.29 is 4.39 Å². The molecule has 1 aliphatic heterocycles. The highest BCUT2D eigenvalue weighted by molar-refractivity contribution is 5.22. The number of nitrogens with zero attached hydrogens (tertiary/aromatic N) is 1. The summed E-state index contributed by atoms with van der Waals surface area (Å²) in [6.07, 6.45) is 1.14. The molecule has 2 nitrogen and oxygen atoms in total. The maximum Gasteiger partial charge on any atom is 0.123 e. The van der Waals surface area contributed by atoms with Gasteiger partial charge in [0.1, 0.15) is 5.82 Å².